The average molecular weight is 390 g/mol. The van der Waals surface area contributed by atoms with Crippen molar-refractivity contribution in [2.24, 2.45) is 0 Å². The van der Waals surface area contributed by atoms with Gasteiger partial charge < -0.3 is 9.32 Å². The van der Waals surface area contributed by atoms with Gasteiger partial charge in [0.2, 0.25) is 5.91 Å². The van der Waals surface area contributed by atoms with Gasteiger partial charge in [0.1, 0.15) is 0 Å². The number of aryl methyl sites for hydroxylation is 1. The van der Waals surface area contributed by atoms with E-state index in [9.17, 15) is 19.7 Å². The summed E-state index contributed by atoms with van der Waals surface area (Å²) in [4.78, 5) is 36.2. The lowest BCUT2D eigenvalue weighted by atomic mass is 10.2. The summed E-state index contributed by atoms with van der Waals surface area (Å²) in [6.07, 6.45) is 0.0759. The summed E-state index contributed by atoms with van der Waals surface area (Å²) in [6.45, 7) is 0.294. The minimum Gasteiger partial charge on any atom is -0.408 e. The number of nitro groups is 1. The number of carbonyl (C=O) groups excluding carboxylic acids is 1. The third kappa shape index (κ3) is 4.01. The fraction of sp³-hybridized carbons (Fsp3) is 0.222. The van der Waals surface area contributed by atoms with Crippen LogP contribution in [0.15, 0.2) is 51.7 Å². The van der Waals surface area contributed by atoms with Crippen molar-refractivity contribution in [3.63, 3.8) is 0 Å². The molecule has 0 bridgehead atoms. The Hall–Kier alpha value is -3.13. The first-order valence-corrected chi connectivity index (χ1v) is 8.50. The standard InChI is InChI=1S/C18H16ClN3O5/c1-20(11-12-10-13(22(25)26)6-7-14(12)19)17(23)8-9-21-15-4-2-3-5-16(15)27-18(21)24/h2-7,10H,8-9,11H2,1H3. The van der Waals surface area contributed by atoms with Crippen molar-refractivity contribution in [3.05, 3.63) is 73.7 Å². The summed E-state index contributed by atoms with van der Waals surface area (Å²) in [6, 6.07) is 11.1. The van der Waals surface area contributed by atoms with Gasteiger partial charge >= 0.3 is 5.76 Å². The van der Waals surface area contributed by atoms with Crippen molar-refractivity contribution >= 4 is 34.3 Å². The van der Waals surface area contributed by atoms with Crippen LogP contribution in [-0.2, 0) is 17.9 Å². The lowest BCUT2D eigenvalue weighted by Crippen LogP contribution is -2.28. The summed E-state index contributed by atoms with van der Waals surface area (Å²) in [5, 5.41) is 11.2. The number of fused-ring (bicyclic) bond motifs is 1. The molecule has 9 heteroatoms. The van der Waals surface area contributed by atoms with E-state index in [4.69, 9.17) is 16.0 Å². The predicted molar refractivity (Wildman–Crippen MR) is 99.7 cm³/mol. The van der Waals surface area contributed by atoms with Crippen LogP contribution in [-0.4, -0.2) is 27.3 Å². The third-order valence-corrected chi connectivity index (χ3v) is 4.57. The van der Waals surface area contributed by atoms with Gasteiger partial charge in [-0.3, -0.25) is 19.5 Å². The fourth-order valence-corrected chi connectivity index (χ4v) is 2.94. The lowest BCUT2D eigenvalue weighted by Gasteiger charge is -2.18. The van der Waals surface area contributed by atoms with E-state index in [1.165, 1.54) is 27.7 Å². The molecule has 0 aliphatic carbocycles. The van der Waals surface area contributed by atoms with Crippen LogP contribution in [0.3, 0.4) is 0 Å². The molecule has 0 saturated carbocycles. The fourth-order valence-electron chi connectivity index (χ4n) is 2.76. The van der Waals surface area contributed by atoms with Crippen molar-refractivity contribution in [3.8, 4) is 0 Å². The van der Waals surface area contributed by atoms with Crippen LogP contribution >= 0.6 is 11.6 Å². The number of rotatable bonds is 6. The van der Waals surface area contributed by atoms with Crippen LogP contribution in [0.5, 0.6) is 0 Å². The molecule has 0 aliphatic rings. The van der Waals surface area contributed by atoms with E-state index in [-0.39, 0.29) is 31.1 Å². The molecular formula is C18H16ClN3O5. The number of non-ortho nitro benzene ring substituents is 1. The number of nitro benzene ring substituents is 1. The molecule has 1 heterocycles. The SMILES string of the molecule is CN(Cc1cc([N+](=O)[O-])ccc1Cl)C(=O)CCn1c(=O)oc2ccccc21. The van der Waals surface area contributed by atoms with E-state index in [1.807, 2.05) is 0 Å². The molecule has 0 saturated heterocycles. The Bertz CT molecular complexity index is 1070. The second kappa shape index (κ2) is 7.63. The number of aromatic nitrogens is 1. The zero-order valence-electron chi connectivity index (χ0n) is 14.4. The summed E-state index contributed by atoms with van der Waals surface area (Å²) in [5.74, 6) is -0.747. The largest absolute Gasteiger partial charge is 0.419 e. The van der Waals surface area contributed by atoms with Crippen molar-refractivity contribution in [2.75, 3.05) is 7.05 Å². The first kappa shape index (κ1) is 18.7. The first-order chi connectivity index (χ1) is 12.9. The topological polar surface area (TPSA) is 98.6 Å². The number of hydrogen-bond acceptors (Lipinski definition) is 5. The van der Waals surface area contributed by atoms with E-state index < -0.39 is 10.7 Å². The molecule has 0 atom stereocenters. The summed E-state index contributed by atoms with van der Waals surface area (Å²) < 4.78 is 6.54. The molecule has 0 unspecified atom stereocenters. The zero-order valence-corrected chi connectivity index (χ0v) is 15.2. The van der Waals surface area contributed by atoms with Crippen LogP contribution in [0, 0.1) is 10.1 Å². The number of para-hydroxylation sites is 2. The second-order valence-corrected chi connectivity index (χ2v) is 6.43. The smallest absolute Gasteiger partial charge is 0.408 e. The second-order valence-electron chi connectivity index (χ2n) is 6.02. The van der Waals surface area contributed by atoms with Crippen molar-refractivity contribution < 1.29 is 14.1 Å². The highest BCUT2D eigenvalue weighted by atomic mass is 35.5. The van der Waals surface area contributed by atoms with Crippen molar-refractivity contribution in [1.29, 1.82) is 0 Å². The predicted octanol–water partition coefficient (Wildman–Crippen LogP) is 3.20. The Balaban J connectivity index is 1.69. The summed E-state index contributed by atoms with van der Waals surface area (Å²) in [7, 11) is 1.58. The number of oxazole rings is 1. The molecule has 0 radical (unpaired) electrons. The van der Waals surface area contributed by atoms with Gasteiger partial charge in [-0.1, -0.05) is 23.7 Å². The molecule has 1 aromatic heterocycles. The minimum absolute atomic E-state index is 0.0759. The molecule has 3 aromatic rings. The molecule has 0 aliphatic heterocycles. The number of halogens is 1. The van der Waals surface area contributed by atoms with Gasteiger partial charge in [-0.2, -0.15) is 0 Å². The Morgan fingerprint density at radius 3 is 2.78 bits per heavy atom. The number of hydrogen-bond donors (Lipinski definition) is 0. The number of carbonyl (C=O) groups is 1. The van der Waals surface area contributed by atoms with Gasteiger partial charge in [0, 0.05) is 43.7 Å². The van der Waals surface area contributed by atoms with Crippen molar-refractivity contribution in [2.45, 2.75) is 19.5 Å². The third-order valence-electron chi connectivity index (χ3n) is 4.20. The Labute approximate surface area is 158 Å². The highest BCUT2D eigenvalue weighted by Crippen LogP contribution is 2.23. The molecule has 0 spiro atoms. The maximum atomic E-state index is 12.4. The highest BCUT2D eigenvalue weighted by molar-refractivity contribution is 6.31. The molecule has 2 aromatic carbocycles. The number of nitrogens with zero attached hydrogens (tertiary/aromatic N) is 3. The zero-order chi connectivity index (χ0) is 19.6. The lowest BCUT2D eigenvalue weighted by molar-refractivity contribution is -0.384. The van der Waals surface area contributed by atoms with Gasteiger partial charge in [-0.05, 0) is 23.8 Å². The average Bonchev–Trinajstić information content (AvgIpc) is 2.96. The molecule has 3 rings (SSSR count). The van der Waals surface area contributed by atoms with Gasteiger partial charge in [-0.25, -0.2) is 4.79 Å². The maximum absolute atomic E-state index is 12.4. The quantitative estimate of drug-likeness (QED) is 0.476. The summed E-state index contributed by atoms with van der Waals surface area (Å²) >= 11 is 6.08. The molecule has 140 valence electrons. The molecule has 0 fully saturated rings. The van der Waals surface area contributed by atoms with Crippen LogP contribution in [0.2, 0.25) is 5.02 Å². The van der Waals surface area contributed by atoms with Crippen LogP contribution in [0.4, 0.5) is 5.69 Å². The van der Waals surface area contributed by atoms with Crippen LogP contribution < -0.4 is 5.76 Å². The molecule has 0 N–H and O–H groups in total. The van der Waals surface area contributed by atoms with Gasteiger partial charge in [0.25, 0.3) is 5.69 Å². The minimum atomic E-state index is -0.520. The van der Waals surface area contributed by atoms with E-state index in [2.05, 4.69) is 0 Å². The number of benzene rings is 2. The van der Waals surface area contributed by atoms with E-state index in [0.29, 0.717) is 21.7 Å². The van der Waals surface area contributed by atoms with E-state index in [0.717, 1.165) is 0 Å². The van der Waals surface area contributed by atoms with Crippen LogP contribution in [0.1, 0.15) is 12.0 Å². The molecular weight excluding hydrogens is 374 g/mol. The van der Waals surface area contributed by atoms with Gasteiger partial charge in [-0.15, -0.1) is 0 Å². The first-order valence-electron chi connectivity index (χ1n) is 8.12. The van der Waals surface area contributed by atoms with Crippen molar-refractivity contribution in [1.82, 2.24) is 9.47 Å². The maximum Gasteiger partial charge on any atom is 0.419 e. The van der Waals surface area contributed by atoms with Gasteiger partial charge in [0.15, 0.2) is 5.58 Å². The highest BCUT2D eigenvalue weighted by Gasteiger charge is 2.16. The Morgan fingerprint density at radius 1 is 1.30 bits per heavy atom. The Morgan fingerprint density at radius 2 is 2.04 bits per heavy atom. The number of amides is 1. The Kier molecular flexibility index (Phi) is 5.27. The van der Waals surface area contributed by atoms with Crippen LogP contribution in [0.25, 0.3) is 11.1 Å². The van der Waals surface area contributed by atoms with E-state index in [1.54, 1.807) is 31.3 Å². The normalized spacial score (nSPS) is 10.9. The molecule has 27 heavy (non-hydrogen) atoms. The molecule has 8 nitrogen and oxygen atoms in total. The summed E-state index contributed by atoms with van der Waals surface area (Å²) in [5.41, 5.74) is 1.48. The molecule has 1 amide bonds. The van der Waals surface area contributed by atoms with E-state index >= 15 is 0 Å². The van der Waals surface area contributed by atoms with Gasteiger partial charge in [0.05, 0.1) is 10.4 Å². The monoisotopic (exact) mass is 389 g/mol.